The summed E-state index contributed by atoms with van der Waals surface area (Å²) < 4.78 is 19.2. The molecule has 0 radical (unpaired) electrons. The van der Waals surface area contributed by atoms with E-state index in [0.29, 0.717) is 0 Å². The van der Waals surface area contributed by atoms with Gasteiger partial charge in [-0.1, -0.05) is 0 Å². The van der Waals surface area contributed by atoms with Crippen molar-refractivity contribution >= 4 is 7.82 Å². The predicted octanol–water partition coefficient (Wildman–Crippen LogP) is -3.12. The maximum Gasteiger partial charge on any atom is 0.469 e. The topological polar surface area (TPSA) is 169 Å². The summed E-state index contributed by atoms with van der Waals surface area (Å²) in [5.74, 6) is 0. The fourth-order valence-corrected chi connectivity index (χ4v) is 1.73. The molecule has 0 aromatic heterocycles. The molecular weight excluding hydrogens is 261 g/mol. The third-order valence-corrected chi connectivity index (χ3v) is 2.76. The van der Waals surface area contributed by atoms with E-state index in [-0.39, 0.29) is 0 Å². The SMILES string of the molecule is O=P(O)(O)OC[C@H]1O[C@H](O)[C@H](NO)[C@@H](O)[C@@H]1O. The highest BCUT2D eigenvalue weighted by molar-refractivity contribution is 7.46. The van der Waals surface area contributed by atoms with Crippen molar-refractivity contribution in [3.8, 4) is 0 Å². The molecule has 11 heteroatoms. The normalized spacial score (nSPS) is 39.3. The number of rotatable bonds is 4. The van der Waals surface area contributed by atoms with Crippen LogP contribution in [0.2, 0.25) is 0 Å². The molecule has 7 N–H and O–H groups in total. The summed E-state index contributed by atoms with van der Waals surface area (Å²) in [4.78, 5) is 16.9. The lowest BCUT2D eigenvalue weighted by atomic mass is 9.98. The molecule has 0 unspecified atom stereocenters. The van der Waals surface area contributed by atoms with Gasteiger partial charge in [0.05, 0.1) is 6.61 Å². The Morgan fingerprint density at radius 3 is 2.29 bits per heavy atom. The van der Waals surface area contributed by atoms with Crippen LogP contribution in [0.3, 0.4) is 0 Å². The Hall–Kier alpha value is -0.130. The zero-order valence-corrected chi connectivity index (χ0v) is 9.34. The van der Waals surface area contributed by atoms with Crippen molar-refractivity contribution in [3.63, 3.8) is 0 Å². The fourth-order valence-electron chi connectivity index (χ4n) is 1.39. The van der Waals surface area contributed by atoms with Crippen LogP contribution in [0.4, 0.5) is 0 Å². The zero-order valence-electron chi connectivity index (χ0n) is 8.45. The Kier molecular flexibility index (Phi) is 4.98. The van der Waals surface area contributed by atoms with Gasteiger partial charge in [0.25, 0.3) is 0 Å². The van der Waals surface area contributed by atoms with Crippen LogP contribution < -0.4 is 5.48 Å². The molecule has 0 spiro atoms. The molecule has 1 aliphatic rings. The number of aliphatic hydroxyl groups excluding tert-OH is 3. The Bertz CT molecular complexity index is 295. The van der Waals surface area contributed by atoms with Crippen molar-refractivity contribution in [2.75, 3.05) is 6.61 Å². The number of phosphoric acid groups is 1. The second-order valence-electron chi connectivity index (χ2n) is 3.49. The lowest BCUT2D eigenvalue weighted by molar-refractivity contribution is -0.265. The molecule has 0 aliphatic carbocycles. The Morgan fingerprint density at radius 2 is 1.82 bits per heavy atom. The smallest absolute Gasteiger partial charge is 0.388 e. The van der Waals surface area contributed by atoms with E-state index >= 15 is 0 Å². The molecule has 5 atom stereocenters. The van der Waals surface area contributed by atoms with Gasteiger partial charge in [-0.05, 0) is 0 Å². The summed E-state index contributed by atoms with van der Waals surface area (Å²) in [5.41, 5.74) is 1.55. The molecule has 1 heterocycles. The standard InChI is InChI=1S/C6H14NO9P/c8-4-2(1-15-17(12,13)14)16-6(10)3(7-11)5(4)9/h2-11H,1H2,(H2,12,13,14)/t2-,3-,4-,5-,6+/m1/s1. The number of nitrogens with one attached hydrogen (secondary N) is 1. The fraction of sp³-hybridized carbons (Fsp3) is 1.00. The average Bonchev–Trinajstić information content (AvgIpc) is 2.21. The number of aliphatic hydroxyl groups is 3. The minimum absolute atomic E-state index is 0.724. The molecule has 0 amide bonds. The van der Waals surface area contributed by atoms with E-state index in [2.05, 4.69) is 4.52 Å². The quantitative estimate of drug-likeness (QED) is 0.206. The van der Waals surface area contributed by atoms with Crippen LogP contribution in [0.15, 0.2) is 0 Å². The third kappa shape index (κ3) is 3.93. The predicted molar refractivity (Wildman–Crippen MR) is 49.6 cm³/mol. The van der Waals surface area contributed by atoms with Crippen LogP contribution >= 0.6 is 7.82 Å². The van der Waals surface area contributed by atoms with Crippen LogP contribution in [0.5, 0.6) is 0 Å². The van der Waals surface area contributed by atoms with Gasteiger partial charge in [0.15, 0.2) is 6.29 Å². The number of hydrogen-bond acceptors (Lipinski definition) is 8. The number of hydroxylamine groups is 1. The van der Waals surface area contributed by atoms with E-state index in [1.807, 2.05) is 0 Å². The van der Waals surface area contributed by atoms with Crippen LogP contribution in [-0.4, -0.2) is 67.6 Å². The monoisotopic (exact) mass is 275 g/mol. The van der Waals surface area contributed by atoms with Crippen LogP contribution in [0.25, 0.3) is 0 Å². The molecule has 10 nitrogen and oxygen atoms in total. The first-order valence-corrected chi connectivity index (χ1v) is 6.08. The van der Waals surface area contributed by atoms with Gasteiger partial charge < -0.3 is 35.1 Å². The van der Waals surface area contributed by atoms with Crippen molar-refractivity contribution in [3.05, 3.63) is 0 Å². The van der Waals surface area contributed by atoms with E-state index in [1.165, 1.54) is 0 Å². The van der Waals surface area contributed by atoms with Crippen molar-refractivity contribution < 1.29 is 44.1 Å². The first-order chi connectivity index (χ1) is 7.76. The largest absolute Gasteiger partial charge is 0.469 e. The van der Waals surface area contributed by atoms with Crippen molar-refractivity contribution in [2.45, 2.75) is 30.6 Å². The molecule has 1 rings (SSSR count). The van der Waals surface area contributed by atoms with Gasteiger partial charge in [0, 0.05) is 0 Å². The number of ether oxygens (including phenoxy) is 1. The van der Waals surface area contributed by atoms with E-state index in [9.17, 15) is 19.9 Å². The molecule has 1 aliphatic heterocycles. The molecule has 1 fully saturated rings. The number of phosphoric ester groups is 1. The average molecular weight is 275 g/mol. The molecule has 17 heavy (non-hydrogen) atoms. The van der Waals surface area contributed by atoms with Gasteiger partial charge in [0.1, 0.15) is 24.4 Å². The summed E-state index contributed by atoms with van der Waals surface area (Å²) in [5, 5.41) is 36.8. The Balaban J connectivity index is 2.61. The lowest BCUT2D eigenvalue weighted by Crippen LogP contribution is -2.62. The Morgan fingerprint density at radius 1 is 1.24 bits per heavy atom. The highest BCUT2D eigenvalue weighted by Gasteiger charge is 2.44. The van der Waals surface area contributed by atoms with Gasteiger partial charge in [-0.25, -0.2) is 4.57 Å². The van der Waals surface area contributed by atoms with E-state index in [4.69, 9.17) is 19.7 Å². The molecular formula is C6H14NO9P. The van der Waals surface area contributed by atoms with Gasteiger partial charge in [0.2, 0.25) is 0 Å². The summed E-state index contributed by atoms with van der Waals surface area (Å²) in [6.45, 7) is -0.724. The maximum absolute atomic E-state index is 10.4. The van der Waals surface area contributed by atoms with Gasteiger partial charge in [-0.2, -0.15) is 5.48 Å². The first-order valence-electron chi connectivity index (χ1n) is 4.55. The van der Waals surface area contributed by atoms with Crippen molar-refractivity contribution in [2.24, 2.45) is 0 Å². The summed E-state index contributed by atoms with van der Waals surface area (Å²) >= 11 is 0. The number of hydrogen-bond donors (Lipinski definition) is 7. The van der Waals surface area contributed by atoms with E-state index in [1.54, 1.807) is 5.48 Å². The Labute approximate surface area is 95.6 Å². The molecule has 0 aromatic rings. The maximum atomic E-state index is 10.4. The summed E-state index contributed by atoms with van der Waals surface area (Å²) in [6.07, 6.45) is -6.18. The van der Waals surface area contributed by atoms with Gasteiger partial charge in [-0.15, -0.1) is 0 Å². The molecule has 0 bridgehead atoms. The molecule has 0 aromatic carbocycles. The van der Waals surface area contributed by atoms with Crippen molar-refractivity contribution in [1.29, 1.82) is 0 Å². The molecule has 0 saturated carbocycles. The van der Waals surface area contributed by atoms with Crippen LogP contribution in [0.1, 0.15) is 0 Å². The van der Waals surface area contributed by atoms with Gasteiger partial charge >= 0.3 is 7.82 Å². The zero-order chi connectivity index (χ0) is 13.2. The van der Waals surface area contributed by atoms with Crippen LogP contribution in [-0.2, 0) is 13.8 Å². The van der Waals surface area contributed by atoms with E-state index < -0.39 is 45.1 Å². The van der Waals surface area contributed by atoms with Gasteiger partial charge in [-0.3, -0.25) is 4.52 Å². The second-order valence-corrected chi connectivity index (χ2v) is 4.73. The highest BCUT2D eigenvalue weighted by atomic mass is 31.2. The second kappa shape index (κ2) is 5.67. The van der Waals surface area contributed by atoms with E-state index in [0.717, 1.165) is 0 Å². The summed E-state index contributed by atoms with van der Waals surface area (Å²) in [7, 11) is -4.74. The third-order valence-electron chi connectivity index (χ3n) is 2.28. The molecule has 102 valence electrons. The highest BCUT2D eigenvalue weighted by Crippen LogP contribution is 2.36. The molecule has 1 saturated heterocycles. The first kappa shape index (κ1) is 14.9. The minimum atomic E-state index is -4.74. The van der Waals surface area contributed by atoms with Crippen LogP contribution in [0, 0.1) is 0 Å². The van der Waals surface area contributed by atoms with Crippen molar-refractivity contribution in [1.82, 2.24) is 5.48 Å². The lowest BCUT2D eigenvalue weighted by Gasteiger charge is -2.39. The minimum Gasteiger partial charge on any atom is -0.388 e. The summed E-state index contributed by atoms with van der Waals surface area (Å²) in [6, 6.07) is -1.34.